The van der Waals surface area contributed by atoms with Crippen LogP contribution in [0.5, 0.6) is 0 Å². The summed E-state index contributed by atoms with van der Waals surface area (Å²) in [4.78, 5) is 25.4. The van der Waals surface area contributed by atoms with Crippen molar-refractivity contribution in [2.24, 2.45) is 11.5 Å². The number of methoxy groups -OCH3 is 1. The molecule has 0 bridgehead atoms. The minimum Gasteiger partial charge on any atom is -0.464 e. The number of benzene rings is 2. The first kappa shape index (κ1) is 26.1. The summed E-state index contributed by atoms with van der Waals surface area (Å²) in [7, 11) is 1.27. The van der Waals surface area contributed by atoms with Gasteiger partial charge in [0.1, 0.15) is 12.0 Å². The van der Waals surface area contributed by atoms with E-state index in [0.29, 0.717) is 41.8 Å². The molecule has 3 heterocycles. The molecule has 4 N–H and O–H groups in total. The second-order valence-electron chi connectivity index (χ2n) is 9.01. The monoisotopic (exact) mass is 527 g/mol. The van der Waals surface area contributed by atoms with Crippen molar-refractivity contribution in [3.8, 4) is 23.2 Å². The van der Waals surface area contributed by atoms with Crippen molar-refractivity contribution in [1.82, 2.24) is 15.0 Å². The number of aromatic nitrogens is 3. The van der Waals surface area contributed by atoms with E-state index < -0.39 is 5.97 Å². The molecule has 10 heteroatoms. The first-order valence-electron chi connectivity index (χ1n) is 12.6. The van der Waals surface area contributed by atoms with Gasteiger partial charge in [0.15, 0.2) is 22.8 Å². The number of nitrogens with two attached hydrogens (primary N) is 2. The van der Waals surface area contributed by atoms with E-state index in [9.17, 15) is 4.79 Å². The molecule has 0 spiro atoms. The third-order valence-corrected chi connectivity index (χ3v) is 6.29. The number of fused-ring (bicyclic) bond motifs is 1. The fourth-order valence-electron chi connectivity index (χ4n) is 4.25. The maximum Gasteiger partial charge on any atom is 0.360 e. The van der Waals surface area contributed by atoms with Crippen LogP contribution in [-0.2, 0) is 4.74 Å². The number of hydrogen-bond acceptors (Lipinski definition) is 10. The Balaban J connectivity index is 1.54. The molecule has 0 aliphatic heterocycles. The molecule has 0 saturated heterocycles. The zero-order valence-electron chi connectivity index (χ0n) is 21.7. The summed E-state index contributed by atoms with van der Waals surface area (Å²) in [6, 6.07) is 13.8. The van der Waals surface area contributed by atoms with Crippen LogP contribution in [-0.4, -0.2) is 34.6 Å². The second-order valence-corrected chi connectivity index (χ2v) is 9.01. The third-order valence-electron chi connectivity index (χ3n) is 6.29. The molecule has 0 fully saturated rings. The number of aryl methyl sites for hydroxylation is 1. The number of rotatable bonds is 10. The first-order chi connectivity index (χ1) is 19.0. The number of esters is 1. The molecule has 200 valence electrons. The third kappa shape index (κ3) is 5.52. The number of carbonyl (C=O) groups excluding carboxylic acids is 1. The predicted octanol–water partition coefficient (Wildman–Crippen LogP) is 5.53. The highest BCUT2D eigenvalue weighted by molar-refractivity contribution is 5.93. The maximum absolute atomic E-state index is 12.0. The molecule has 3 aromatic heterocycles. The maximum atomic E-state index is 12.0. The van der Waals surface area contributed by atoms with Crippen molar-refractivity contribution in [2.45, 2.75) is 32.2 Å². The lowest BCUT2D eigenvalue weighted by Gasteiger charge is -2.05. The molecule has 0 saturated carbocycles. The highest BCUT2D eigenvalue weighted by Gasteiger charge is 2.25. The van der Waals surface area contributed by atoms with E-state index in [2.05, 4.69) is 33.2 Å². The molecular formula is C29H29N5O5. The van der Waals surface area contributed by atoms with Gasteiger partial charge in [0.05, 0.1) is 13.2 Å². The topological polar surface area (TPSA) is 156 Å². The number of hydrogen-bond donors (Lipinski definition) is 2. The molecule has 0 aliphatic rings. The Morgan fingerprint density at radius 3 is 2.64 bits per heavy atom. The van der Waals surface area contributed by atoms with E-state index in [1.807, 2.05) is 30.3 Å². The number of carbonyl (C=O) groups is 1. The smallest absolute Gasteiger partial charge is 0.360 e. The summed E-state index contributed by atoms with van der Waals surface area (Å²) in [5.74, 6) is 0.968. The highest BCUT2D eigenvalue weighted by atomic mass is 16.5. The predicted molar refractivity (Wildman–Crippen MR) is 146 cm³/mol. The summed E-state index contributed by atoms with van der Waals surface area (Å²) >= 11 is 0. The summed E-state index contributed by atoms with van der Waals surface area (Å²) in [6.45, 7) is 2.38. The Labute approximate surface area is 224 Å². The van der Waals surface area contributed by atoms with Crippen LogP contribution in [0.15, 0.2) is 62.0 Å². The Morgan fingerprint density at radius 1 is 1.00 bits per heavy atom. The first-order valence-corrected chi connectivity index (χ1v) is 12.6. The van der Waals surface area contributed by atoms with Gasteiger partial charge < -0.3 is 29.5 Å². The SMILES string of the molecule is COC(=O)c1coc(-c2nc(-c3nc([C@@H](N)CCCCN)oc3C)oc2/C=C/c2cccc3ccccc23)n1. The van der Waals surface area contributed by atoms with E-state index in [1.54, 1.807) is 13.0 Å². The van der Waals surface area contributed by atoms with E-state index in [1.165, 1.54) is 13.4 Å². The van der Waals surface area contributed by atoms with Gasteiger partial charge in [-0.25, -0.2) is 19.7 Å². The van der Waals surface area contributed by atoms with Crippen molar-refractivity contribution in [1.29, 1.82) is 0 Å². The molecular weight excluding hydrogens is 498 g/mol. The minimum absolute atomic E-state index is 0.0180. The van der Waals surface area contributed by atoms with Gasteiger partial charge in [0, 0.05) is 0 Å². The Morgan fingerprint density at radius 2 is 1.82 bits per heavy atom. The van der Waals surface area contributed by atoms with Gasteiger partial charge in [-0.2, -0.15) is 0 Å². The highest BCUT2D eigenvalue weighted by Crippen LogP contribution is 2.33. The fourth-order valence-corrected chi connectivity index (χ4v) is 4.25. The van der Waals surface area contributed by atoms with E-state index in [0.717, 1.165) is 29.2 Å². The molecule has 0 radical (unpaired) electrons. The summed E-state index contributed by atoms with van der Waals surface area (Å²) in [6.07, 6.45) is 7.36. The zero-order valence-corrected chi connectivity index (χ0v) is 21.7. The van der Waals surface area contributed by atoms with Crippen LogP contribution in [0.2, 0.25) is 0 Å². The lowest BCUT2D eigenvalue weighted by molar-refractivity contribution is 0.0594. The van der Waals surface area contributed by atoms with Crippen molar-refractivity contribution in [3.05, 3.63) is 77.4 Å². The van der Waals surface area contributed by atoms with Crippen LogP contribution < -0.4 is 11.5 Å². The lowest BCUT2D eigenvalue weighted by atomic mass is 10.0. The normalized spacial score (nSPS) is 12.4. The lowest BCUT2D eigenvalue weighted by Crippen LogP contribution is -2.11. The van der Waals surface area contributed by atoms with Crippen LogP contribution in [0, 0.1) is 6.92 Å². The van der Waals surface area contributed by atoms with Crippen molar-refractivity contribution >= 4 is 28.9 Å². The molecule has 10 nitrogen and oxygen atoms in total. The summed E-state index contributed by atoms with van der Waals surface area (Å²) in [5.41, 5.74) is 13.6. The molecule has 2 aromatic carbocycles. The van der Waals surface area contributed by atoms with Crippen LogP contribution in [0.1, 0.15) is 58.8 Å². The van der Waals surface area contributed by atoms with Crippen molar-refractivity contribution in [2.75, 3.05) is 13.7 Å². The molecule has 0 amide bonds. The molecule has 0 aliphatic carbocycles. The zero-order chi connectivity index (χ0) is 27.4. The Hall–Kier alpha value is -4.54. The molecule has 0 unspecified atom stereocenters. The second kappa shape index (κ2) is 11.5. The van der Waals surface area contributed by atoms with Gasteiger partial charge >= 0.3 is 5.97 Å². The number of ether oxygens (including phenoxy) is 1. The summed E-state index contributed by atoms with van der Waals surface area (Å²) < 4.78 is 22.3. The van der Waals surface area contributed by atoms with Crippen LogP contribution in [0.3, 0.4) is 0 Å². The van der Waals surface area contributed by atoms with Gasteiger partial charge in [-0.15, -0.1) is 0 Å². The van der Waals surface area contributed by atoms with E-state index in [4.69, 9.17) is 29.5 Å². The van der Waals surface area contributed by atoms with Crippen LogP contribution in [0.4, 0.5) is 0 Å². The minimum atomic E-state index is -0.623. The van der Waals surface area contributed by atoms with Crippen LogP contribution in [0.25, 0.3) is 46.1 Å². The molecule has 5 rings (SSSR count). The average Bonchev–Trinajstić information content (AvgIpc) is 3.70. The van der Waals surface area contributed by atoms with Gasteiger partial charge in [-0.1, -0.05) is 55.0 Å². The van der Waals surface area contributed by atoms with Crippen molar-refractivity contribution < 1.29 is 22.8 Å². The molecule has 1 atom stereocenters. The average molecular weight is 528 g/mol. The van der Waals surface area contributed by atoms with Crippen LogP contribution >= 0.6 is 0 Å². The Bertz CT molecular complexity index is 1620. The molecule has 39 heavy (non-hydrogen) atoms. The number of nitrogens with zero attached hydrogens (tertiary/aromatic N) is 3. The number of oxazole rings is 3. The van der Waals surface area contributed by atoms with Gasteiger partial charge in [-0.3, -0.25) is 0 Å². The molecule has 5 aromatic rings. The van der Waals surface area contributed by atoms with E-state index >= 15 is 0 Å². The van der Waals surface area contributed by atoms with E-state index in [-0.39, 0.29) is 23.5 Å². The quantitative estimate of drug-likeness (QED) is 0.175. The van der Waals surface area contributed by atoms with Crippen molar-refractivity contribution in [3.63, 3.8) is 0 Å². The summed E-state index contributed by atoms with van der Waals surface area (Å²) in [5, 5.41) is 2.20. The Kier molecular flexibility index (Phi) is 7.67. The number of unbranched alkanes of at least 4 members (excludes halogenated alkanes) is 1. The van der Waals surface area contributed by atoms with Gasteiger partial charge in [0.25, 0.3) is 0 Å². The largest absolute Gasteiger partial charge is 0.464 e. The van der Waals surface area contributed by atoms with Gasteiger partial charge in [0.2, 0.25) is 17.7 Å². The standard InChI is InChI=1S/C29H29N5O5/c1-17-24(33-26(38-17)21(31)12-5-6-15-30)28-34-25(27-32-22(16-37-27)29(35)36-2)23(39-28)14-13-19-10-7-9-18-8-3-4-11-20(18)19/h3-4,7-11,13-14,16,21H,5-6,12,15,30-31H2,1-2H3/b14-13+/t21-/m0/s1. The van der Waals surface area contributed by atoms with Gasteiger partial charge in [-0.05, 0) is 48.7 Å². The fraction of sp³-hybridized carbons (Fsp3) is 0.241.